The van der Waals surface area contributed by atoms with E-state index >= 15 is 0 Å². The average Bonchev–Trinajstić information content (AvgIpc) is 2.37. The molecule has 7 N–H and O–H groups in total. The number of amides is 1. The zero-order chi connectivity index (χ0) is 12.3. The van der Waals surface area contributed by atoms with Crippen molar-refractivity contribution in [3.05, 3.63) is 35.4 Å². The summed E-state index contributed by atoms with van der Waals surface area (Å²) in [6.07, 6.45) is 0. The predicted molar refractivity (Wildman–Crippen MR) is 63.6 cm³/mol. The predicted octanol–water partition coefficient (Wildman–Crippen LogP) is -1.85. The quantitative estimate of drug-likeness (QED) is 0.198. The molecule has 0 spiro atoms. The van der Waals surface area contributed by atoms with Crippen LogP contribution in [0.4, 0.5) is 0 Å². The van der Waals surface area contributed by atoms with Crippen LogP contribution in [0.1, 0.15) is 17.0 Å². The lowest BCUT2D eigenvalue weighted by atomic mass is 9.90. The number of hydrogen-bond acceptors (Lipinski definition) is 3. The number of carbonyl (C=O) groups excluding carboxylic acids is 1. The van der Waals surface area contributed by atoms with Gasteiger partial charge in [0.15, 0.2) is 0 Å². The van der Waals surface area contributed by atoms with Crippen molar-refractivity contribution in [2.75, 3.05) is 6.54 Å². The molecule has 17 heavy (non-hydrogen) atoms. The monoisotopic (exact) mass is 234 g/mol. The Balaban J connectivity index is 2.21. The van der Waals surface area contributed by atoms with Crippen molar-refractivity contribution in [1.29, 1.82) is 0 Å². The van der Waals surface area contributed by atoms with Gasteiger partial charge < -0.3 is 16.9 Å². The summed E-state index contributed by atoms with van der Waals surface area (Å²) in [5.41, 5.74) is 7.62. The third-order valence-corrected chi connectivity index (χ3v) is 2.90. The number of hydrogen-bond donors (Lipinski definition) is 4. The van der Waals surface area contributed by atoms with Gasteiger partial charge in [0.25, 0.3) is 0 Å². The Morgan fingerprint density at radius 2 is 2.24 bits per heavy atom. The van der Waals surface area contributed by atoms with Crippen LogP contribution in [-0.2, 0) is 11.3 Å². The molecule has 0 aromatic heterocycles. The van der Waals surface area contributed by atoms with E-state index in [2.05, 4.69) is 15.7 Å². The maximum Gasteiger partial charge on any atom is 0.240 e. The minimum atomic E-state index is -0.208. The summed E-state index contributed by atoms with van der Waals surface area (Å²) in [5.74, 6) is 4.55. The van der Waals surface area contributed by atoms with Gasteiger partial charge in [-0.15, -0.1) is 5.10 Å². The van der Waals surface area contributed by atoms with Crippen LogP contribution < -0.4 is 22.2 Å². The van der Waals surface area contributed by atoms with Crippen LogP contribution in [0.5, 0.6) is 0 Å². The summed E-state index contributed by atoms with van der Waals surface area (Å²) in [7, 11) is 0. The molecule has 90 valence electrons. The number of carbonyl (C=O) groups is 1. The fourth-order valence-corrected chi connectivity index (χ4v) is 2.09. The summed E-state index contributed by atoms with van der Waals surface area (Å²) in [6, 6.07) is 7.92. The van der Waals surface area contributed by atoms with Gasteiger partial charge in [-0.25, -0.2) is 0 Å². The fourth-order valence-electron chi connectivity index (χ4n) is 2.09. The fraction of sp³-hybridized carbons (Fsp3) is 0.273. The number of nitrogens with zero attached hydrogens (tertiary/aromatic N) is 1. The Morgan fingerprint density at radius 1 is 1.47 bits per heavy atom. The first-order valence-electron chi connectivity index (χ1n) is 5.46. The molecular weight excluding hydrogens is 218 g/mol. The number of benzene rings is 1. The van der Waals surface area contributed by atoms with Gasteiger partial charge in [-0.2, -0.15) is 0 Å². The summed E-state index contributed by atoms with van der Waals surface area (Å²) < 4.78 is 0. The van der Waals surface area contributed by atoms with E-state index in [4.69, 9.17) is 11.6 Å². The largest absolute Gasteiger partial charge is 0.368 e. The molecule has 1 unspecified atom stereocenters. The highest BCUT2D eigenvalue weighted by Crippen LogP contribution is 2.21. The highest BCUT2D eigenvalue weighted by atomic mass is 16.2. The Labute approximate surface area is 99.1 Å². The van der Waals surface area contributed by atoms with E-state index in [1.807, 2.05) is 24.3 Å². The second-order valence-electron chi connectivity index (χ2n) is 3.98. The second kappa shape index (κ2) is 4.84. The molecule has 0 radical (unpaired) electrons. The van der Waals surface area contributed by atoms with Crippen molar-refractivity contribution in [1.82, 2.24) is 5.32 Å². The van der Waals surface area contributed by atoms with Gasteiger partial charge in [0.05, 0.1) is 6.54 Å². The molecule has 2 rings (SSSR count). The van der Waals surface area contributed by atoms with Gasteiger partial charge in [-0.3, -0.25) is 10.1 Å². The smallest absolute Gasteiger partial charge is 0.240 e. The normalized spacial score (nSPS) is 19.5. The Kier molecular flexibility index (Phi) is 3.24. The van der Waals surface area contributed by atoms with Crippen LogP contribution in [0.25, 0.3) is 0 Å². The molecule has 0 saturated heterocycles. The van der Waals surface area contributed by atoms with Crippen LogP contribution in [0.15, 0.2) is 29.4 Å². The minimum absolute atomic E-state index is 0.0574. The van der Waals surface area contributed by atoms with Crippen molar-refractivity contribution >= 4 is 11.9 Å². The Hall–Kier alpha value is -2.08. The molecule has 1 aliphatic heterocycles. The van der Waals surface area contributed by atoms with Crippen LogP contribution in [-0.4, -0.2) is 18.4 Å². The first-order chi connectivity index (χ1) is 8.22. The second-order valence-corrected chi connectivity index (χ2v) is 3.98. The topological polar surface area (TPSA) is 110 Å². The van der Waals surface area contributed by atoms with Gasteiger partial charge in [0.1, 0.15) is 12.5 Å². The van der Waals surface area contributed by atoms with E-state index in [1.54, 1.807) is 0 Å². The lowest BCUT2D eigenvalue weighted by Crippen LogP contribution is -2.85. The number of nitrogens with two attached hydrogens (primary N) is 3. The van der Waals surface area contributed by atoms with Crippen molar-refractivity contribution in [3.63, 3.8) is 0 Å². The lowest BCUT2D eigenvalue weighted by molar-refractivity contribution is -0.674. The number of rotatable bonds is 1. The van der Waals surface area contributed by atoms with Crippen LogP contribution in [0, 0.1) is 0 Å². The van der Waals surface area contributed by atoms with Crippen LogP contribution >= 0.6 is 0 Å². The number of quaternary nitrogens is 1. The SMILES string of the molecule is N/N=C(\N)NC(=O)C1C[NH2+]Cc2ccccc21. The van der Waals surface area contributed by atoms with Crippen molar-refractivity contribution in [3.8, 4) is 0 Å². The average molecular weight is 234 g/mol. The zero-order valence-electron chi connectivity index (χ0n) is 9.39. The standard InChI is InChI=1S/C11H15N5O/c12-11(16-13)15-10(17)9-6-14-5-7-3-1-2-4-8(7)9/h1-4,9,14H,5-6,13H2,(H3,12,15,16,17)/p+1. The third-order valence-electron chi connectivity index (χ3n) is 2.90. The highest BCUT2D eigenvalue weighted by molar-refractivity contribution is 5.99. The molecule has 1 amide bonds. The van der Waals surface area contributed by atoms with E-state index in [-0.39, 0.29) is 17.8 Å². The lowest BCUT2D eigenvalue weighted by Gasteiger charge is -2.22. The van der Waals surface area contributed by atoms with Crippen molar-refractivity contribution in [2.45, 2.75) is 12.5 Å². The van der Waals surface area contributed by atoms with E-state index in [1.165, 1.54) is 5.56 Å². The summed E-state index contributed by atoms with van der Waals surface area (Å²) >= 11 is 0. The Morgan fingerprint density at radius 3 is 3.00 bits per heavy atom. The van der Waals surface area contributed by atoms with Crippen LogP contribution in [0.3, 0.4) is 0 Å². The maximum absolute atomic E-state index is 12.0. The molecule has 6 heteroatoms. The molecule has 6 nitrogen and oxygen atoms in total. The Bertz CT molecular complexity index is 457. The molecule has 1 aliphatic rings. The first kappa shape index (κ1) is 11.4. The molecule has 0 aliphatic carbocycles. The van der Waals surface area contributed by atoms with Gasteiger partial charge >= 0.3 is 0 Å². The summed E-state index contributed by atoms with van der Waals surface area (Å²) in [6.45, 7) is 1.61. The van der Waals surface area contributed by atoms with Crippen LogP contribution in [0.2, 0.25) is 0 Å². The van der Waals surface area contributed by atoms with Crippen molar-refractivity contribution in [2.24, 2.45) is 16.7 Å². The van der Waals surface area contributed by atoms with Gasteiger partial charge in [0.2, 0.25) is 11.9 Å². The van der Waals surface area contributed by atoms with E-state index in [0.717, 1.165) is 12.1 Å². The maximum atomic E-state index is 12.0. The third kappa shape index (κ3) is 2.36. The molecule has 1 aromatic carbocycles. The molecule has 1 heterocycles. The number of guanidine groups is 1. The zero-order valence-corrected chi connectivity index (χ0v) is 9.39. The van der Waals surface area contributed by atoms with E-state index < -0.39 is 0 Å². The first-order valence-corrected chi connectivity index (χ1v) is 5.46. The summed E-state index contributed by atoms with van der Waals surface area (Å²) in [4.78, 5) is 12.0. The van der Waals surface area contributed by atoms with Gasteiger partial charge in [-0.05, 0) is 5.56 Å². The van der Waals surface area contributed by atoms with E-state index in [0.29, 0.717) is 6.54 Å². The molecule has 0 fully saturated rings. The molecule has 1 atom stereocenters. The highest BCUT2D eigenvalue weighted by Gasteiger charge is 2.28. The van der Waals surface area contributed by atoms with Gasteiger partial charge in [-0.1, -0.05) is 24.3 Å². The molecule has 0 saturated carbocycles. The number of nitrogens with one attached hydrogen (secondary N) is 1. The number of hydrazone groups is 1. The van der Waals surface area contributed by atoms with Crippen molar-refractivity contribution < 1.29 is 10.1 Å². The minimum Gasteiger partial charge on any atom is -0.368 e. The van der Waals surface area contributed by atoms with Gasteiger partial charge in [0, 0.05) is 5.56 Å². The molecule has 1 aromatic rings. The number of fused-ring (bicyclic) bond motifs is 1. The molecule has 0 bridgehead atoms. The van der Waals surface area contributed by atoms with E-state index in [9.17, 15) is 4.79 Å². The molecular formula is C11H16N5O+. The summed E-state index contributed by atoms with van der Waals surface area (Å²) in [5, 5.41) is 7.82.